The minimum Gasteiger partial charge on any atom is -0.313 e. The SMILES string of the molecule is CN(C)CCN(C(=O)CC1CCCN1)c1ccccc1. The Kier molecular flexibility index (Phi) is 5.56. The van der Waals surface area contributed by atoms with E-state index < -0.39 is 0 Å². The first kappa shape index (κ1) is 15.0. The molecule has 1 aliphatic heterocycles. The molecule has 1 fully saturated rings. The van der Waals surface area contributed by atoms with Crippen LogP contribution < -0.4 is 10.2 Å². The van der Waals surface area contributed by atoms with E-state index in [2.05, 4.69) is 10.2 Å². The van der Waals surface area contributed by atoms with Crippen LogP contribution in [0.5, 0.6) is 0 Å². The van der Waals surface area contributed by atoms with Crippen molar-refractivity contribution in [3.05, 3.63) is 30.3 Å². The summed E-state index contributed by atoms with van der Waals surface area (Å²) in [5.74, 6) is 0.220. The fraction of sp³-hybridized carbons (Fsp3) is 0.562. The van der Waals surface area contributed by atoms with Crippen LogP contribution in [0, 0.1) is 0 Å². The molecule has 20 heavy (non-hydrogen) atoms. The van der Waals surface area contributed by atoms with Crippen molar-refractivity contribution in [1.82, 2.24) is 10.2 Å². The molecule has 1 saturated heterocycles. The van der Waals surface area contributed by atoms with Crippen molar-refractivity contribution in [3.8, 4) is 0 Å². The summed E-state index contributed by atoms with van der Waals surface area (Å²) in [6.45, 7) is 2.66. The number of likely N-dealkylation sites (N-methyl/N-ethyl adjacent to an activating group) is 1. The third-order valence-corrected chi connectivity index (χ3v) is 3.72. The normalized spacial score (nSPS) is 18.4. The number of nitrogens with one attached hydrogen (secondary N) is 1. The lowest BCUT2D eigenvalue weighted by atomic mass is 10.1. The molecule has 0 radical (unpaired) electrons. The van der Waals surface area contributed by atoms with Gasteiger partial charge in [0.25, 0.3) is 0 Å². The van der Waals surface area contributed by atoms with Crippen LogP contribution in [0.15, 0.2) is 30.3 Å². The van der Waals surface area contributed by atoms with Crippen LogP contribution in [0.25, 0.3) is 0 Å². The van der Waals surface area contributed by atoms with Crippen molar-refractivity contribution in [1.29, 1.82) is 0 Å². The van der Waals surface area contributed by atoms with Crippen LogP contribution in [0.3, 0.4) is 0 Å². The molecule has 0 aliphatic carbocycles. The van der Waals surface area contributed by atoms with Gasteiger partial charge in [0.15, 0.2) is 0 Å². The molecule has 1 aromatic rings. The van der Waals surface area contributed by atoms with Crippen molar-refractivity contribution < 1.29 is 4.79 Å². The first-order chi connectivity index (χ1) is 9.66. The lowest BCUT2D eigenvalue weighted by Gasteiger charge is -2.26. The van der Waals surface area contributed by atoms with E-state index in [0.29, 0.717) is 12.5 Å². The minimum atomic E-state index is 0.220. The topological polar surface area (TPSA) is 35.6 Å². The Hall–Kier alpha value is -1.39. The van der Waals surface area contributed by atoms with Gasteiger partial charge >= 0.3 is 0 Å². The van der Waals surface area contributed by atoms with Crippen LogP contribution in [-0.2, 0) is 4.79 Å². The lowest BCUT2D eigenvalue weighted by molar-refractivity contribution is -0.119. The number of hydrogen-bond acceptors (Lipinski definition) is 3. The molecule has 0 spiro atoms. The maximum Gasteiger partial charge on any atom is 0.228 e. The van der Waals surface area contributed by atoms with Crippen molar-refractivity contribution in [2.75, 3.05) is 38.6 Å². The summed E-state index contributed by atoms with van der Waals surface area (Å²) in [7, 11) is 4.07. The summed E-state index contributed by atoms with van der Waals surface area (Å²) in [5.41, 5.74) is 0.998. The van der Waals surface area contributed by atoms with Crippen LogP contribution in [0.2, 0.25) is 0 Å². The van der Waals surface area contributed by atoms with Gasteiger partial charge in [0, 0.05) is 31.2 Å². The molecule has 110 valence electrons. The fourth-order valence-corrected chi connectivity index (χ4v) is 2.56. The van der Waals surface area contributed by atoms with Gasteiger partial charge in [-0.05, 0) is 45.6 Å². The first-order valence-corrected chi connectivity index (χ1v) is 7.40. The van der Waals surface area contributed by atoms with Gasteiger partial charge in [-0.15, -0.1) is 0 Å². The Morgan fingerprint density at radius 3 is 2.60 bits per heavy atom. The minimum absolute atomic E-state index is 0.220. The molecule has 4 nitrogen and oxygen atoms in total. The van der Waals surface area contributed by atoms with Gasteiger partial charge in [0.1, 0.15) is 0 Å². The summed E-state index contributed by atoms with van der Waals surface area (Å²) >= 11 is 0. The highest BCUT2D eigenvalue weighted by Gasteiger charge is 2.22. The number of carbonyl (C=O) groups excluding carboxylic acids is 1. The summed E-state index contributed by atoms with van der Waals surface area (Å²) in [4.78, 5) is 16.6. The summed E-state index contributed by atoms with van der Waals surface area (Å²) in [6.07, 6.45) is 2.89. The van der Waals surface area contributed by atoms with Gasteiger partial charge < -0.3 is 15.1 Å². The number of hydrogen-bond donors (Lipinski definition) is 1. The highest BCUT2D eigenvalue weighted by molar-refractivity contribution is 5.93. The largest absolute Gasteiger partial charge is 0.313 e. The number of rotatable bonds is 6. The average Bonchev–Trinajstić information content (AvgIpc) is 2.92. The van der Waals surface area contributed by atoms with E-state index in [1.165, 1.54) is 6.42 Å². The van der Waals surface area contributed by atoms with E-state index in [4.69, 9.17) is 0 Å². The van der Waals surface area contributed by atoms with E-state index in [1.807, 2.05) is 49.3 Å². The van der Waals surface area contributed by atoms with Crippen LogP contribution in [0.4, 0.5) is 5.69 Å². The van der Waals surface area contributed by atoms with Gasteiger partial charge in [0.2, 0.25) is 5.91 Å². The Balaban J connectivity index is 2.02. The Morgan fingerprint density at radius 1 is 1.25 bits per heavy atom. The molecular weight excluding hydrogens is 250 g/mol. The van der Waals surface area contributed by atoms with Gasteiger partial charge in [-0.25, -0.2) is 0 Å². The second kappa shape index (κ2) is 7.41. The van der Waals surface area contributed by atoms with Gasteiger partial charge in [-0.1, -0.05) is 18.2 Å². The van der Waals surface area contributed by atoms with E-state index in [-0.39, 0.29) is 5.91 Å². The average molecular weight is 275 g/mol. The number of carbonyl (C=O) groups is 1. The molecule has 1 amide bonds. The van der Waals surface area contributed by atoms with Crippen LogP contribution in [0.1, 0.15) is 19.3 Å². The van der Waals surface area contributed by atoms with Crippen molar-refractivity contribution in [2.45, 2.75) is 25.3 Å². The molecule has 0 aromatic heterocycles. The molecular formula is C16H25N3O. The van der Waals surface area contributed by atoms with Crippen molar-refractivity contribution in [2.24, 2.45) is 0 Å². The van der Waals surface area contributed by atoms with Crippen LogP contribution in [-0.4, -0.2) is 50.6 Å². The molecule has 1 atom stereocenters. The maximum absolute atomic E-state index is 12.6. The van der Waals surface area contributed by atoms with E-state index in [0.717, 1.165) is 31.7 Å². The van der Waals surface area contributed by atoms with E-state index in [9.17, 15) is 4.79 Å². The molecule has 1 aromatic carbocycles. The lowest BCUT2D eigenvalue weighted by Crippen LogP contribution is -2.39. The van der Waals surface area contributed by atoms with E-state index >= 15 is 0 Å². The monoisotopic (exact) mass is 275 g/mol. The third kappa shape index (κ3) is 4.32. The zero-order valence-corrected chi connectivity index (χ0v) is 12.5. The van der Waals surface area contributed by atoms with Gasteiger partial charge in [0.05, 0.1) is 0 Å². The number of amides is 1. The zero-order valence-electron chi connectivity index (χ0n) is 12.5. The molecule has 0 bridgehead atoms. The molecule has 1 unspecified atom stereocenters. The van der Waals surface area contributed by atoms with Gasteiger partial charge in [-0.3, -0.25) is 4.79 Å². The molecule has 1 N–H and O–H groups in total. The number of anilines is 1. The van der Waals surface area contributed by atoms with E-state index in [1.54, 1.807) is 0 Å². The van der Waals surface area contributed by atoms with Gasteiger partial charge in [-0.2, -0.15) is 0 Å². The second-order valence-electron chi connectivity index (χ2n) is 5.68. The summed E-state index contributed by atoms with van der Waals surface area (Å²) in [6, 6.07) is 10.3. The quantitative estimate of drug-likeness (QED) is 0.859. The molecule has 1 heterocycles. The smallest absolute Gasteiger partial charge is 0.228 e. The summed E-state index contributed by atoms with van der Waals surface area (Å²) in [5, 5.41) is 3.40. The molecule has 2 rings (SSSR count). The van der Waals surface area contributed by atoms with Crippen molar-refractivity contribution in [3.63, 3.8) is 0 Å². The highest BCUT2D eigenvalue weighted by atomic mass is 16.2. The number of benzene rings is 1. The highest BCUT2D eigenvalue weighted by Crippen LogP contribution is 2.17. The Labute approximate surface area is 121 Å². The standard InChI is InChI=1S/C16H25N3O/c1-18(2)11-12-19(15-8-4-3-5-9-15)16(20)13-14-7-6-10-17-14/h3-5,8-9,14,17H,6-7,10-13H2,1-2H3. The van der Waals surface area contributed by atoms with Crippen LogP contribution >= 0.6 is 0 Å². The number of para-hydroxylation sites is 1. The Morgan fingerprint density at radius 2 is 2.00 bits per heavy atom. The maximum atomic E-state index is 12.6. The predicted molar refractivity (Wildman–Crippen MR) is 83.0 cm³/mol. The number of nitrogens with zero attached hydrogens (tertiary/aromatic N) is 2. The first-order valence-electron chi connectivity index (χ1n) is 7.40. The molecule has 1 aliphatic rings. The van der Waals surface area contributed by atoms with Crippen molar-refractivity contribution >= 4 is 11.6 Å². The zero-order chi connectivity index (χ0) is 14.4. The fourth-order valence-electron chi connectivity index (χ4n) is 2.56. The summed E-state index contributed by atoms with van der Waals surface area (Å²) < 4.78 is 0. The molecule has 0 saturated carbocycles. The second-order valence-corrected chi connectivity index (χ2v) is 5.68. The molecule has 4 heteroatoms. The third-order valence-electron chi connectivity index (χ3n) is 3.72. The predicted octanol–water partition coefficient (Wildman–Crippen LogP) is 1.72. The Bertz CT molecular complexity index is 413.